The number of carbonyl (C=O) groups is 1. The lowest BCUT2D eigenvalue weighted by Gasteiger charge is -2.38. The van der Waals surface area contributed by atoms with Crippen molar-refractivity contribution in [1.29, 1.82) is 0 Å². The van der Waals surface area contributed by atoms with Crippen LogP contribution in [0.5, 0.6) is 0 Å². The zero-order valence-electron chi connectivity index (χ0n) is 11.2. The lowest BCUT2D eigenvalue weighted by atomic mass is 10.1. The van der Waals surface area contributed by atoms with Crippen LogP contribution in [0.15, 0.2) is 24.4 Å². The minimum Gasteiger partial charge on any atom is -0.374 e. The third-order valence-corrected chi connectivity index (χ3v) is 4.41. The maximum atomic E-state index is 11.5. The van der Waals surface area contributed by atoms with Crippen molar-refractivity contribution in [2.24, 2.45) is 0 Å². The summed E-state index contributed by atoms with van der Waals surface area (Å²) in [6, 6.07) is 6.16. The second-order valence-corrected chi connectivity index (χ2v) is 5.47. The van der Waals surface area contributed by atoms with Gasteiger partial charge in [-0.1, -0.05) is 6.07 Å². The first kappa shape index (κ1) is 11.9. The standard InChI is InChI=1S/C15H17N3O2/c19-10-12-15(16-14-6-1-2-7-17(12)14)18-8-9-20-13-5-3-4-11(13)18/h1-2,6-7,10-11,13H,3-5,8-9H2. The predicted molar refractivity (Wildman–Crippen MR) is 75.3 cm³/mol. The number of fused-ring (bicyclic) bond motifs is 2. The largest absolute Gasteiger partial charge is 0.374 e. The van der Waals surface area contributed by atoms with Gasteiger partial charge in [-0.15, -0.1) is 0 Å². The zero-order valence-corrected chi connectivity index (χ0v) is 11.2. The molecule has 5 heteroatoms. The summed E-state index contributed by atoms with van der Waals surface area (Å²) in [4.78, 5) is 18.5. The van der Waals surface area contributed by atoms with E-state index in [1.165, 1.54) is 6.42 Å². The maximum absolute atomic E-state index is 11.5. The van der Waals surface area contributed by atoms with Crippen LogP contribution in [0.2, 0.25) is 0 Å². The van der Waals surface area contributed by atoms with E-state index in [0.29, 0.717) is 24.4 Å². The molecule has 2 aromatic rings. The molecule has 2 aromatic heterocycles. The summed E-state index contributed by atoms with van der Waals surface area (Å²) in [7, 11) is 0. The van der Waals surface area contributed by atoms with Gasteiger partial charge in [-0.2, -0.15) is 0 Å². The van der Waals surface area contributed by atoms with Crippen molar-refractivity contribution in [3.8, 4) is 0 Å². The van der Waals surface area contributed by atoms with Crippen LogP contribution in [-0.2, 0) is 4.74 Å². The molecule has 20 heavy (non-hydrogen) atoms. The Labute approximate surface area is 117 Å². The first-order valence-electron chi connectivity index (χ1n) is 7.19. The highest BCUT2D eigenvalue weighted by atomic mass is 16.5. The number of pyridine rings is 1. The van der Waals surface area contributed by atoms with E-state index in [2.05, 4.69) is 9.88 Å². The first-order valence-corrected chi connectivity index (χ1v) is 7.19. The number of rotatable bonds is 2. The van der Waals surface area contributed by atoms with Crippen molar-refractivity contribution >= 4 is 17.8 Å². The minimum atomic E-state index is 0.299. The second kappa shape index (κ2) is 4.59. The summed E-state index contributed by atoms with van der Waals surface area (Å²) in [5.74, 6) is 0.811. The molecule has 1 saturated heterocycles. The molecular formula is C15H17N3O2. The molecule has 2 fully saturated rings. The van der Waals surface area contributed by atoms with Crippen molar-refractivity contribution in [1.82, 2.24) is 9.38 Å². The van der Waals surface area contributed by atoms with Crippen LogP contribution in [0, 0.1) is 0 Å². The lowest BCUT2D eigenvalue weighted by molar-refractivity contribution is 0.0253. The molecule has 2 atom stereocenters. The van der Waals surface area contributed by atoms with Crippen LogP contribution in [0.4, 0.5) is 5.82 Å². The highest BCUT2D eigenvalue weighted by molar-refractivity contribution is 5.83. The number of hydrogen-bond donors (Lipinski definition) is 0. The van der Waals surface area contributed by atoms with Crippen LogP contribution >= 0.6 is 0 Å². The Morgan fingerprint density at radius 1 is 1.35 bits per heavy atom. The van der Waals surface area contributed by atoms with Crippen molar-refractivity contribution < 1.29 is 9.53 Å². The van der Waals surface area contributed by atoms with E-state index in [0.717, 1.165) is 37.1 Å². The Kier molecular flexibility index (Phi) is 2.73. The van der Waals surface area contributed by atoms with Crippen LogP contribution in [0.25, 0.3) is 5.65 Å². The van der Waals surface area contributed by atoms with Crippen LogP contribution < -0.4 is 4.90 Å². The Hall–Kier alpha value is -1.88. The summed E-state index contributed by atoms with van der Waals surface area (Å²) in [6.07, 6.45) is 6.53. The van der Waals surface area contributed by atoms with Crippen LogP contribution in [0.1, 0.15) is 29.8 Å². The Morgan fingerprint density at radius 2 is 2.30 bits per heavy atom. The third-order valence-electron chi connectivity index (χ3n) is 4.41. The summed E-state index contributed by atoms with van der Waals surface area (Å²) in [5, 5.41) is 0. The Bertz CT molecular complexity index is 652. The van der Waals surface area contributed by atoms with Crippen molar-refractivity contribution in [2.45, 2.75) is 31.4 Å². The number of carbonyl (C=O) groups excluding carboxylic acids is 1. The molecule has 1 aliphatic heterocycles. The third kappa shape index (κ3) is 1.66. The molecule has 0 spiro atoms. The number of anilines is 1. The SMILES string of the molecule is O=Cc1c(N2CCOC3CCCC32)nc2ccccn12. The van der Waals surface area contributed by atoms with Gasteiger partial charge in [-0.25, -0.2) is 4.98 Å². The van der Waals surface area contributed by atoms with E-state index in [9.17, 15) is 4.79 Å². The van der Waals surface area contributed by atoms with Crippen molar-refractivity contribution in [3.63, 3.8) is 0 Å². The van der Waals surface area contributed by atoms with Gasteiger partial charge in [-0.3, -0.25) is 9.20 Å². The molecule has 1 aliphatic carbocycles. The number of ether oxygens (including phenoxy) is 1. The molecule has 2 unspecified atom stereocenters. The van der Waals surface area contributed by atoms with Gasteiger partial charge in [0, 0.05) is 12.7 Å². The summed E-state index contributed by atoms with van der Waals surface area (Å²) < 4.78 is 7.70. The van der Waals surface area contributed by atoms with E-state index in [1.807, 2.05) is 28.8 Å². The van der Waals surface area contributed by atoms with Gasteiger partial charge in [0.1, 0.15) is 11.3 Å². The minimum absolute atomic E-state index is 0.299. The van der Waals surface area contributed by atoms with Gasteiger partial charge in [0.15, 0.2) is 12.1 Å². The van der Waals surface area contributed by atoms with E-state index in [4.69, 9.17) is 4.74 Å². The molecule has 2 aliphatic rings. The van der Waals surface area contributed by atoms with Gasteiger partial charge < -0.3 is 9.64 Å². The van der Waals surface area contributed by atoms with Gasteiger partial charge in [0.2, 0.25) is 0 Å². The van der Waals surface area contributed by atoms with E-state index in [1.54, 1.807) is 0 Å². The quantitative estimate of drug-likeness (QED) is 0.783. The molecular weight excluding hydrogens is 254 g/mol. The fourth-order valence-corrected chi connectivity index (χ4v) is 3.51. The number of aromatic nitrogens is 2. The number of hydrogen-bond acceptors (Lipinski definition) is 4. The van der Waals surface area contributed by atoms with Gasteiger partial charge >= 0.3 is 0 Å². The average molecular weight is 271 g/mol. The molecule has 1 saturated carbocycles. The topological polar surface area (TPSA) is 46.8 Å². The average Bonchev–Trinajstić information content (AvgIpc) is 3.10. The molecule has 0 amide bonds. The fourth-order valence-electron chi connectivity index (χ4n) is 3.51. The number of morpholine rings is 1. The van der Waals surface area contributed by atoms with Gasteiger partial charge in [-0.05, 0) is 31.4 Å². The van der Waals surface area contributed by atoms with E-state index in [-0.39, 0.29) is 0 Å². The highest BCUT2D eigenvalue weighted by Crippen LogP contribution is 2.34. The summed E-state index contributed by atoms with van der Waals surface area (Å²) in [5.41, 5.74) is 1.47. The van der Waals surface area contributed by atoms with E-state index < -0.39 is 0 Å². The molecule has 0 bridgehead atoms. The smallest absolute Gasteiger partial charge is 0.170 e. The number of aldehydes is 1. The molecule has 104 valence electrons. The Balaban J connectivity index is 1.82. The highest BCUT2D eigenvalue weighted by Gasteiger charge is 2.38. The molecule has 0 radical (unpaired) electrons. The molecule has 0 aromatic carbocycles. The van der Waals surface area contributed by atoms with Crippen molar-refractivity contribution in [2.75, 3.05) is 18.1 Å². The molecule has 4 rings (SSSR count). The predicted octanol–water partition coefficient (Wildman–Crippen LogP) is 1.90. The molecule has 5 nitrogen and oxygen atoms in total. The monoisotopic (exact) mass is 271 g/mol. The summed E-state index contributed by atoms with van der Waals surface area (Å²) >= 11 is 0. The first-order chi connectivity index (χ1) is 9.88. The molecule has 0 N–H and O–H groups in total. The lowest BCUT2D eigenvalue weighted by Crippen LogP contribution is -2.49. The second-order valence-electron chi connectivity index (χ2n) is 5.47. The normalized spacial score (nSPS) is 25.9. The Morgan fingerprint density at radius 3 is 3.20 bits per heavy atom. The fraction of sp³-hybridized carbons (Fsp3) is 0.467. The number of nitrogens with zero attached hydrogens (tertiary/aromatic N) is 3. The van der Waals surface area contributed by atoms with E-state index >= 15 is 0 Å². The number of imidazole rings is 1. The van der Waals surface area contributed by atoms with Gasteiger partial charge in [0.05, 0.1) is 18.8 Å². The zero-order chi connectivity index (χ0) is 13.5. The van der Waals surface area contributed by atoms with Gasteiger partial charge in [0.25, 0.3) is 0 Å². The van der Waals surface area contributed by atoms with Crippen molar-refractivity contribution in [3.05, 3.63) is 30.1 Å². The van der Waals surface area contributed by atoms with Crippen LogP contribution in [-0.4, -0.2) is 41.0 Å². The molecule has 3 heterocycles. The maximum Gasteiger partial charge on any atom is 0.170 e. The van der Waals surface area contributed by atoms with Crippen LogP contribution in [0.3, 0.4) is 0 Å². The summed E-state index contributed by atoms with van der Waals surface area (Å²) in [6.45, 7) is 1.53.